The van der Waals surface area contributed by atoms with Crippen LogP contribution in [0.4, 0.5) is 5.69 Å². The van der Waals surface area contributed by atoms with Crippen molar-refractivity contribution in [3.63, 3.8) is 0 Å². The molecule has 2 aromatic rings. The molecule has 1 heteroatoms. The quantitative estimate of drug-likeness (QED) is 0.747. The van der Waals surface area contributed by atoms with E-state index in [1.54, 1.807) is 0 Å². The van der Waals surface area contributed by atoms with Crippen molar-refractivity contribution >= 4 is 5.69 Å². The predicted octanol–water partition coefficient (Wildman–Crippen LogP) is 5.00. The SMILES string of the molecule is CCN1c2ccccc2[C@@](C)(c2ccccc2)CC1(C)C. The van der Waals surface area contributed by atoms with Crippen molar-refractivity contribution < 1.29 is 0 Å². The van der Waals surface area contributed by atoms with Crippen molar-refractivity contribution in [1.29, 1.82) is 0 Å². The standard InChI is InChI=1S/C20H25N/c1-5-21-18-14-10-9-13-17(18)20(4,15-19(21,2)3)16-11-7-6-8-12-16/h6-14H,5,15H2,1-4H3/t20-/m1/s1. The summed E-state index contributed by atoms with van der Waals surface area (Å²) in [6.45, 7) is 10.4. The van der Waals surface area contributed by atoms with Crippen LogP contribution in [0.15, 0.2) is 54.6 Å². The smallest absolute Gasteiger partial charge is 0.0412 e. The highest BCUT2D eigenvalue weighted by atomic mass is 15.2. The van der Waals surface area contributed by atoms with Crippen molar-refractivity contribution in [3.8, 4) is 0 Å². The molecular weight excluding hydrogens is 254 g/mol. The van der Waals surface area contributed by atoms with Gasteiger partial charge in [-0.2, -0.15) is 0 Å². The van der Waals surface area contributed by atoms with Gasteiger partial charge < -0.3 is 4.90 Å². The summed E-state index contributed by atoms with van der Waals surface area (Å²) in [5.74, 6) is 0. The monoisotopic (exact) mass is 279 g/mol. The Balaban J connectivity index is 2.23. The first-order valence-corrected chi connectivity index (χ1v) is 7.92. The Morgan fingerprint density at radius 1 is 0.905 bits per heavy atom. The molecule has 0 spiro atoms. The summed E-state index contributed by atoms with van der Waals surface area (Å²) < 4.78 is 0. The summed E-state index contributed by atoms with van der Waals surface area (Å²) in [5, 5.41) is 0. The highest BCUT2D eigenvalue weighted by Gasteiger charge is 2.44. The summed E-state index contributed by atoms with van der Waals surface area (Å²) >= 11 is 0. The highest BCUT2D eigenvalue weighted by molar-refractivity contribution is 5.64. The predicted molar refractivity (Wildman–Crippen MR) is 91.1 cm³/mol. The molecule has 0 aliphatic carbocycles. The fourth-order valence-electron chi connectivity index (χ4n) is 4.22. The second-order valence-corrected chi connectivity index (χ2v) is 6.95. The molecule has 1 atom stereocenters. The first-order chi connectivity index (χ1) is 9.99. The molecule has 0 N–H and O–H groups in total. The molecule has 0 bridgehead atoms. The van der Waals surface area contributed by atoms with Crippen LogP contribution >= 0.6 is 0 Å². The molecule has 3 rings (SSSR count). The molecule has 2 aromatic carbocycles. The Morgan fingerprint density at radius 3 is 2.19 bits per heavy atom. The van der Waals surface area contributed by atoms with E-state index in [2.05, 4.69) is 87.2 Å². The molecule has 0 aromatic heterocycles. The van der Waals surface area contributed by atoms with E-state index in [-0.39, 0.29) is 11.0 Å². The lowest BCUT2D eigenvalue weighted by Gasteiger charge is -2.52. The van der Waals surface area contributed by atoms with Crippen molar-refractivity contribution in [2.75, 3.05) is 11.4 Å². The van der Waals surface area contributed by atoms with Gasteiger partial charge in [-0.25, -0.2) is 0 Å². The summed E-state index contributed by atoms with van der Waals surface area (Å²) in [4.78, 5) is 2.55. The maximum absolute atomic E-state index is 2.55. The highest BCUT2D eigenvalue weighted by Crippen LogP contribution is 2.49. The lowest BCUT2D eigenvalue weighted by molar-refractivity contribution is 0.326. The number of fused-ring (bicyclic) bond motifs is 1. The Bertz CT molecular complexity index is 629. The topological polar surface area (TPSA) is 3.24 Å². The normalized spacial score (nSPS) is 23.7. The van der Waals surface area contributed by atoms with Gasteiger partial charge in [0.05, 0.1) is 0 Å². The molecule has 0 unspecified atom stereocenters. The van der Waals surface area contributed by atoms with Gasteiger partial charge in [-0.15, -0.1) is 0 Å². The van der Waals surface area contributed by atoms with Crippen LogP contribution in [0.25, 0.3) is 0 Å². The third-order valence-corrected chi connectivity index (χ3v) is 5.03. The van der Waals surface area contributed by atoms with Gasteiger partial charge in [-0.3, -0.25) is 0 Å². The molecule has 1 heterocycles. The zero-order valence-corrected chi connectivity index (χ0v) is 13.6. The Kier molecular flexibility index (Phi) is 3.32. The van der Waals surface area contributed by atoms with Crippen LogP contribution in [0.5, 0.6) is 0 Å². The maximum Gasteiger partial charge on any atom is 0.0412 e. The minimum Gasteiger partial charge on any atom is -0.366 e. The van der Waals surface area contributed by atoms with Gasteiger partial charge in [0.2, 0.25) is 0 Å². The summed E-state index contributed by atoms with van der Waals surface area (Å²) in [6.07, 6.45) is 1.13. The van der Waals surface area contributed by atoms with E-state index in [1.165, 1.54) is 16.8 Å². The maximum atomic E-state index is 2.55. The van der Waals surface area contributed by atoms with Crippen LogP contribution in [0, 0.1) is 0 Å². The number of nitrogens with zero attached hydrogens (tertiary/aromatic N) is 1. The summed E-state index contributed by atoms with van der Waals surface area (Å²) in [6, 6.07) is 19.9. The molecule has 1 nitrogen and oxygen atoms in total. The molecule has 0 radical (unpaired) electrons. The zero-order chi connectivity index (χ0) is 15.1. The third-order valence-electron chi connectivity index (χ3n) is 5.03. The minimum atomic E-state index is 0.0764. The molecule has 21 heavy (non-hydrogen) atoms. The van der Waals surface area contributed by atoms with Crippen molar-refractivity contribution in [2.45, 2.75) is 45.1 Å². The van der Waals surface area contributed by atoms with Gasteiger partial charge in [0.1, 0.15) is 0 Å². The zero-order valence-electron chi connectivity index (χ0n) is 13.6. The average Bonchev–Trinajstić information content (AvgIpc) is 2.48. The van der Waals surface area contributed by atoms with Crippen LogP contribution in [0.2, 0.25) is 0 Å². The number of hydrogen-bond acceptors (Lipinski definition) is 1. The van der Waals surface area contributed by atoms with Crippen molar-refractivity contribution in [3.05, 3.63) is 65.7 Å². The van der Waals surface area contributed by atoms with Crippen LogP contribution < -0.4 is 4.90 Å². The van der Waals surface area contributed by atoms with Gasteiger partial charge >= 0.3 is 0 Å². The largest absolute Gasteiger partial charge is 0.366 e. The van der Waals surface area contributed by atoms with E-state index < -0.39 is 0 Å². The molecule has 0 saturated heterocycles. The average molecular weight is 279 g/mol. The van der Waals surface area contributed by atoms with Gasteiger partial charge in [-0.05, 0) is 44.4 Å². The van der Waals surface area contributed by atoms with Crippen LogP contribution in [0.1, 0.15) is 45.2 Å². The van der Waals surface area contributed by atoms with E-state index in [9.17, 15) is 0 Å². The third kappa shape index (κ3) is 2.16. The van der Waals surface area contributed by atoms with E-state index in [4.69, 9.17) is 0 Å². The first-order valence-electron chi connectivity index (χ1n) is 7.92. The lowest BCUT2D eigenvalue weighted by Crippen LogP contribution is -2.53. The van der Waals surface area contributed by atoms with Crippen molar-refractivity contribution in [1.82, 2.24) is 0 Å². The van der Waals surface area contributed by atoms with Crippen LogP contribution in [-0.2, 0) is 5.41 Å². The van der Waals surface area contributed by atoms with Crippen LogP contribution in [0.3, 0.4) is 0 Å². The lowest BCUT2D eigenvalue weighted by atomic mass is 9.65. The van der Waals surface area contributed by atoms with Crippen molar-refractivity contribution in [2.24, 2.45) is 0 Å². The summed E-state index contributed by atoms with van der Waals surface area (Å²) in [7, 11) is 0. The molecule has 0 saturated carbocycles. The van der Waals surface area contributed by atoms with Gasteiger partial charge in [-0.1, -0.05) is 55.5 Å². The molecule has 0 fully saturated rings. The first kappa shape index (κ1) is 14.2. The fourth-order valence-corrected chi connectivity index (χ4v) is 4.22. The van der Waals surface area contributed by atoms with Crippen LogP contribution in [-0.4, -0.2) is 12.1 Å². The molecule has 110 valence electrons. The second-order valence-electron chi connectivity index (χ2n) is 6.95. The molecule has 1 aliphatic heterocycles. The van der Waals surface area contributed by atoms with E-state index in [0.717, 1.165) is 13.0 Å². The van der Waals surface area contributed by atoms with Gasteiger partial charge in [0.15, 0.2) is 0 Å². The number of rotatable bonds is 2. The minimum absolute atomic E-state index is 0.0764. The van der Waals surface area contributed by atoms with Gasteiger partial charge in [0, 0.05) is 23.2 Å². The molecular formula is C20H25N. The van der Waals surface area contributed by atoms with E-state index >= 15 is 0 Å². The number of anilines is 1. The Hall–Kier alpha value is -1.76. The van der Waals surface area contributed by atoms with E-state index in [1.807, 2.05) is 0 Å². The summed E-state index contributed by atoms with van der Waals surface area (Å²) in [5.41, 5.74) is 4.50. The molecule has 0 amide bonds. The van der Waals surface area contributed by atoms with E-state index in [0.29, 0.717) is 0 Å². The number of para-hydroxylation sites is 1. The fraction of sp³-hybridized carbons (Fsp3) is 0.400. The van der Waals surface area contributed by atoms with Gasteiger partial charge in [0.25, 0.3) is 0 Å². The Morgan fingerprint density at radius 2 is 1.52 bits per heavy atom. The number of hydrogen-bond donors (Lipinski definition) is 0. The second kappa shape index (κ2) is 4.91. The Labute approximate surface area is 128 Å². The number of benzene rings is 2. The molecule has 1 aliphatic rings.